The molecule has 29 heavy (non-hydrogen) atoms. The maximum atomic E-state index is 12.8. The number of aromatic nitrogens is 4. The van der Waals surface area contributed by atoms with E-state index in [9.17, 15) is 4.79 Å². The third-order valence-corrected chi connectivity index (χ3v) is 7.17. The molecule has 3 aromatic rings. The lowest BCUT2D eigenvalue weighted by Gasteiger charge is -2.27. The fourth-order valence-corrected chi connectivity index (χ4v) is 5.41. The van der Waals surface area contributed by atoms with Crippen LogP contribution in [0.3, 0.4) is 0 Å². The zero-order valence-electron chi connectivity index (χ0n) is 16.6. The predicted molar refractivity (Wildman–Crippen MR) is 115 cm³/mol. The van der Waals surface area contributed by atoms with Crippen molar-refractivity contribution in [3.05, 3.63) is 41.3 Å². The molecule has 1 saturated carbocycles. The number of H-pyrrole nitrogens is 2. The lowest BCUT2D eigenvalue weighted by molar-refractivity contribution is -0.129. The second-order valence-corrected chi connectivity index (χ2v) is 9.18. The van der Waals surface area contributed by atoms with Gasteiger partial charge in [-0.3, -0.25) is 9.89 Å². The van der Waals surface area contributed by atoms with Crippen LogP contribution >= 0.6 is 11.8 Å². The minimum atomic E-state index is 0.156. The lowest BCUT2D eigenvalue weighted by Crippen LogP contribution is -2.36. The molecular weight excluding hydrogens is 382 g/mol. The Morgan fingerprint density at radius 1 is 1.24 bits per heavy atom. The van der Waals surface area contributed by atoms with Crippen LogP contribution in [-0.4, -0.2) is 43.3 Å². The average Bonchev–Trinajstić information content (AvgIpc) is 3.49. The molecular formula is C22H27N5OS. The summed E-state index contributed by atoms with van der Waals surface area (Å²) in [6.45, 7) is 1.44. The Hall–Kier alpha value is -2.28. The van der Waals surface area contributed by atoms with E-state index in [0.717, 1.165) is 36.6 Å². The number of hydrogen-bond acceptors (Lipinski definition) is 4. The summed E-state index contributed by atoms with van der Waals surface area (Å²) >= 11 is 1.44. The maximum Gasteiger partial charge on any atom is 0.233 e. The second-order valence-electron chi connectivity index (χ2n) is 8.24. The molecule has 7 heteroatoms. The largest absolute Gasteiger partial charge is 0.358 e. The first kappa shape index (κ1) is 18.7. The SMILES string of the molecule is O=C(CSc1n[nH]c(CCC2CCCC2)n1)N1CCc2[nH]c3ccccc3c2C1. The van der Waals surface area contributed by atoms with Gasteiger partial charge in [-0.25, -0.2) is 4.98 Å². The van der Waals surface area contributed by atoms with Gasteiger partial charge in [0.15, 0.2) is 0 Å². The van der Waals surface area contributed by atoms with Crippen molar-refractivity contribution in [2.75, 3.05) is 12.3 Å². The summed E-state index contributed by atoms with van der Waals surface area (Å²) in [6, 6.07) is 8.33. The molecule has 6 nitrogen and oxygen atoms in total. The van der Waals surface area contributed by atoms with Gasteiger partial charge < -0.3 is 9.88 Å². The third kappa shape index (κ3) is 4.06. The number of thioether (sulfide) groups is 1. The highest BCUT2D eigenvalue weighted by molar-refractivity contribution is 7.99. The summed E-state index contributed by atoms with van der Waals surface area (Å²) in [5.74, 6) is 2.35. The first-order chi connectivity index (χ1) is 14.3. The molecule has 0 radical (unpaired) electrons. The minimum absolute atomic E-state index is 0.156. The Labute approximate surface area is 174 Å². The van der Waals surface area contributed by atoms with Crippen molar-refractivity contribution in [3.63, 3.8) is 0 Å². The van der Waals surface area contributed by atoms with Crippen molar-refractivity contribution >= 4 is 28.6 Å². The van der Waals surface area contributed by atoms with Gasteiger partial charge >= 0.3 is 0 Å². The molecule has 5 rings (SSSR count). The van der Waals surface area contributed by atoms with E-state index in [1.165, 1.54) is 60.5 Å². The van der Waals surface area contributed by atoms with Gasteiger partial charge in [0.1, 0.15) is 5.82 Å². The fourth-order valence-electron chi connectivity index (χ4n) is 4.69. The zero-order chi connectivity index (χ0) is 19.6. The number of carbonyl (C=O) groups excluding carboxylic acids is 1. The van der Waals surface area contributed by atoms with Gasteiger partial charge in [-0.2, -0.15) is 0 Å². The van der Waals surface area contributed by atoms with Crippen LogP contribution in [0.25, 0.3) is 10.9 Å². The van der Waals surface area contributed by atoms with Crippen molar-refractivity contribution < 1.29 is 4.79 Å². The van der Waals surface area contributed by atoms with E-state index >= 15 is 0 Å². The van der Waals surface area contributed by atoms with Crippen LogP contribution < -0.4 is 0 Å². The number of aryl methyl sites for hydroxylation is 1. The van der Waals surface area contributed by atoms with E-state index in [1.54, 1.807) is 0 Å². The maximum absolute atomic E-state index is 12.8. The van der Waals surface area contributed by atoms with Crippen LogP contribution in [0, 0.1) is 5.92 Å². The van der Waals surface area contributed by atoms with Gasteiger partial charge in [0.25, 0.3) is 0 Å². The molecule has 1 aliphatic carbocycles. The summed E-state index contributed by atoms with van der Waals surface area (Å²) in [6.07, 6.45) is 8.51. The van der Waals surface area contributed by atoms with Crippen LogP contribution in [0.1, 0.15) is 49.2 Å². The number of amides is 1. The van der Waals surface area contributed by atoms with E-state index in [4.69, 9.17) is 0 Å². The normalized spacial score (nSPS) is 17.2. The van der Waals surface area contributed by atoms with Crippen LogP contribution in [0.4, 0.5) is 0 Å². The van der Waals surface area contributed by atoms with Crippen LogP contribution in [-0.2, 0) is 24.2 Å². The number of aromatic amines is 2. The molecule has 0 unspecified atom stereocenters. The van der Waals surface area contributed by atoms with Gasteiger partial charge in [0.05, 0.1) is 5.75 Å². The van der Waals surface area contributed by atoms with Gasteiger partial charge in [-0.05, 0) is 18.4 Å². The fraction of sp³-hybridized carbons (Fsp3) is 0.500. The standard InChI is InChI=1S/C22H27N5OS/c28-21(14-29-22-24-20(25-26-22)10-9-15-5-1-2-6-15)27-12-11-19-17(13-27)16-7-3-4-8-18(16)23-19/h3-4,7-8,15,23H,1-2,5-6,9-14H2,(H,24,25,26). The molecule has 3 heterocycles. The number of para-hydroxylation sites is 1. The number of carbonyl (C=O) groups is 1. The van der Waals surface area contributed by atoms with Gasteiger partial charge in [0.2, 0.25) is 11.1 Å². The number of nitrogens with zero attached hydrogens (tertiary/aromatic N) is 3. The molecule has 2 aliphatic rings. The molecule has 1 amide bonds. The Morgan fingerprint density at radius 2 is 2.10 bits per heavy atom. The van der Waals surface area contributed by atoms with Crippen LogP contribution in [0.15, 0.2) is 29.4 Å². The van der Waals surface area contributed by atoms with Gasteiger partial charge in [-0.1, -0.05) is 55.6 Å². The van der Waals surface area contributed by atoms with Crippen molar-refractivity contribution in [3.8, 4) is 0 Å². The molecule has 0 atom stereocenters. The number of fused-ring (bicyclic) bond motifs is 3. The molecule has 0 bridgehead atoms. The Bertz CT molecular complexity index is 1000. The minimum Gasteiger partial charge on any atom is -0.358 e. The predicted octanol–water partition coefficient (Wildman–Crippen LogP) is 4.09. The van der Waals surface area contributed by atoms with Gasteiger partial charge in [-0.15, -0.1) is 5.10 Å². The van der Waals surface area contributed by atoms with E-state index < -0.39 is 0 Å². The highest BCUT2D eigenvalue weighted by atomic mass is 32.2. The van der Waals surface area contributed by atoms with Crippen molar-refractivity contribution in [2.45, 2.75) is 56.6 Å². The van der Waals surface area contributed by atoms with E-state index in [2.05, 4.69) is 38.4 Å². The number of rotatable bonds is 6. The first-order valence-electron chi connectivity index (χ1n) is 10.7. The van der Waals surface area contributed by atoms with E-state index in [0.29, 0.717) is 17.5 Å². The number of hydrogen-bond donors (Lipinski definition) is 2. The quantitative estimate of drug-likeness (QED) is 0.601. The average molecular weight is 410 g/mol. The summed E-state index contributed by atoms with van der Waals surface area (Å²) < 4.78 is 0. The molecule has 1 aliphatic heterocycles. The first-order valence-corrected chi connectivity index (χ1v) is 11.6. The van der Waals surface area contributed by atoms with Crippen molar-refractivity contribution in [1.82, 2.24) is 25.1 Å². The smallest absolute Gasteiger partial charge is 0.233 e. The van der Waals surface area contributed by atoms with E-state index in [1.807, 2.05) is 11.0 Å². The monoisotopic (exact) mass is 409 g/mol. The van der Waals surface area contributed by atoms with Crippen molar-refractivity contribution in [2.24, 2.45) is 5.92 Å². The molecule has 1 fully saturated rings. The second kappa shape index (κ2) is 8.22. The third-order valence-electron chi connectivity index (χ3n) is 6.34. The summed E-state index contributed by atoms with van der Waals surface area (Å²) in [5.41, 5.74) is 3.69. The Balaban J connectivity index is 1.15. The van der Waals surface area contributed by atoms with E-state index in [-0.39, 0.29) is 5.91 Å². The molecule has 0 saturated heterocycles. The highest BCUT2D eigenvalue weighted by Crippen LogP contribution is 2.29. The highest BCUT2D eigenvalue weighted by Gasteiger charge is 2.24. The Morgan fingerprint density at radius 3 is 3.00 bits per heavy atom. The number of benzene rings is 1. The van der Waals surface area contributed by atoms with Crippen LogP contribution in [0.2, 0.25) is 0 Å². The summed E-state index contributed by atoms with van der Waals surface area (Å²) in [5, 5.41) is 9.26. The topological polar surface area (TPSA) is 77.7 Å². The molecule has 2 aromatic heterocycles. The Kier molecular flexibility index (Phi) is 5.31. The summed E-state index contributed by atoms with van der Waals surface area (Å²) in [4.78, 5) is 22.8. The molecule has 0 spiro atoms. The van der Waals surface area contributed by atoms with Crippen LogP contribution in [0.5, 0.6) is 0 Å². The zero-order valence-corrected chi connectivity index (χ0v) is 17.4. The van der Waals surface area contributed by atoms with Gasteiger partial charge in [0, 0.05) is 48.1 Å². The summed E-state index contributed by atoms with van der Waals surface area (Å²) in [7, 11) is 0. The molecule has 2 N–H and O–H groups in total. The van der Waals surface area contributed by atoms with Crippen molar-refractivity contribution in [1.29, 1.82) is 0 Å². The molecule has 1 aromatic carbocycles. The lowest BCUT2D eigenvalue weighted by atomic mass is 10.0. The number of nitrogens with one attached hydrogen (secondary N) is 2. The molecule has 152 valence electrons.